The van der Waals surface area contributed by atoms with E-state index in [1.807, 2.05) is 32.2 Å². The summed E-state index contributed by atoms with van der Waals surface area (Å²) in [7, 11) is 0. The second kappa shape index (κ2) is 6.57. The molecule has 3 rings (SSSR count). The average Bonchev–Trinajstić information content (AvgIpc) is 2.90. The number of hydrogen-bond acceptors (Lipinski definition) is 3. The Labute approximate surface area is 146 Å². The second-order valence-corrected chi connectivity index (χ2v) is 7.22. The predicted octanol–water partition coefficient (Wildman–Crippen LogP) is 3.52. The van der Waals surface area contributed by atoms with Crippen molar-refractivity contribution in [2.24, 2.45) is 5.41 Å². The van der Waals surface area contributed by atoms with Crippen LogP contribution in [-0.2, 0) is 11.3 Å². The highest BCUT2D eigenvalue weighted by Crippen LogP contribution is 2.31. The lowest BCUT2D eigenvalue weighted by Crippen LogP contribution is -2.42. The fourth-order valence-electron chi connectivity index (χ4n) is 3.00. The van der Waals surface area contributed by atoms with Gasteiger partial charge in [-0.05, 0) is 57.5 Å². The SMILES string of the molecule is Cc1nn(-c2ccc(CN3CCC(C)(C(=O)O)CC3)cc2)cc1Cl. The van der Waals surface area contributed by atoms with Gasteiger partial charge in [0.1, 0.15) is 0 Å². The lowest BCUT2D eigenvalue weighted by molar-refractivity contribution is -0.150. The van der Waals surface area contributed by atoms with Crippen molar-refractivity contribution in [3.05, 3.63) is 46.7 Å². The Hall–Kier alpha value is -1.85. The number of aromatic nitrogens is 2. The van der Waals surface area contributed by atoms with Crippen LogP contribution in [0.4, 0.5) is 0 Å². The molecule has 5 nitrogen and oxygen atoms in total. The summed E-state index contributed by atoms with van der Waals surface area (Å²) in [5, 5.41) is 14.3. The van der Waals surface area contributed by atoms with Gasteiger partial charge in [0.2, 0.25) is 0 Å². The molecule has 24 heavy (non-hydrogen) atoms. The van der Waals surface area contributed by atoms with Crippen molar-refractivity contribution in [2.75, 3.05) is 13.1 Å². The van der Waals surface area contributed by atoms with E-state index in [2.05, 4.69) is 22.1 Å². The monoisotopic (exact) mass is 347 g/mol. The standard InChI is InChI=1S/C18H22ClN3O2/c1-13-16(19)12-22(20-13)15-5-3-14(4-6-15)11-21-9-7-18(2,8-10-21)17(23)24/h3-6,12H,7-11H2,1-2H3,(H,23,24). The zero-order valence-corrected chi connectivity index (χ0v) is 14.8. The summed E-state index contributed by atoms with van der Waals surface area (Å²) in [6.45, 7) is 6.21. The van der Waals surface area contributed by atoms with Crippen LogP contribution < -0.4 is 0 Å². The predicted molar refractivity (Wildman–Crippen MR) is 93.6 cm³/mol. The molecule has 1 aliphatic heterocycles. The molecule has 0 unspecified atom stereocenters. The molecule has 1 aromatic carbocycles. The number of nitrogens with zero attached hydrogens (tertiary/aromatic N) is 3. The first kappa shape index (κ1) is 17.0. The average molecular weight is 348 g/mol. The van der Waals surface area contributed by atoms with Gasteiger partial charge in [0, 0.05) is 12.7 Å². The second-order valence-electron chi connectivity index (χ2n) is 6.82. The minimum Gasteiger partial charge on any atom is -0.481 e. The maximum Gasteiger partial charge on any atom is 0.309 e. The number of piperidine rings is 1. The summed E-state index contributed by atoms with van der Waals surface area (Å²) in [6.07, 6.45) is 3.21. The normalized spacial score (nSPS) is 17.8. The largest absolute Gasteiger partial charge is 0.481 e. The first-order valence-corrected chi connectivity index (χ1v) is 8.52. The Morgan fingerprint density at radius 2 is 1.92 bits per heavy atom. The summed E-state index contributed by atoms with van der Waals surface area (Å²) in [6, 6.07) is 8.24. The van der Waals surface area contributed by atoms with E-state index in [-0.39, 0.29) is 0 Å². The van der Waals surface area contributed by atoms with E-state index in [4.69, 9.17) is 11.6 Å². The molecule has 2 aromatic rings. The van der Waals surface area contributed by atoms with Gasteiger partial charge in [0.25, 0.3) is 0 Å². The number of carboxylic acid groups (broad SMARTS) is 1. The minimum absolute atomic E-state index is 0.572. The molecule has 0 aliphatic carbocycles. The number of halogens is 1. The first-order chi connectivity index (χ1) is 11.4. The first-order valence-electron chi connectivity index (χ1n) is 8.14. The maximum absolute atomic E-state index is 11.3. The van der Waals surface area contributed by atoms with Crippen LogP contribution in [0.1, 0.15) is 31.0 Å². The molecule has 0 saturated carbocycles. The van der Waals surface area contributed by atoms with Gasteiger partial charge in [-0.15, -0.1) is 0 Å². The van der Waals surface area contributed by atoms with Crippen LogP contribution in [0.5, 0.6) is 0 Å². The van der Waals surface area contributed by atoms with Crippen molar-refractivity contribution in [1.29, 1.82) is 0 Å². The van der Waals surface area contributed by atoms with Crippen molar-refractivity contribution in [3.63, 3.8) is 0 Å². The number of likely N-dealkylation sites (tertiary alicyclic amines) is 1. The Balaban J connectivity index is 1.62. The summed E-state index contributed by atoms with van der Waals surface area (Å²) >= 11 is 6.05. The van der Waals surface area contributed by atoms with E-state index in [1.54, 1.807) is 4.68 Å². The number of rotatable bonds is 4. The van der Waals surface area contributed by atoms with Crippen molar-refractivity contribution in [3.8, 4) is 5.69 Å². The minimum atomic E-state index is -0.681. The number of benzene rings is 1. The van der Waals surface area contributed by atoms with Crippen LogP contribution in [0.3, 0.4) is 0 Å². The fraction of sp³-hybridized carbons (Fsp3) is 0.444. The Bertz CT molecular complexity index is 712. The van der Waals surface area contributed by atoms with Crippen molar-refractivity contribution in [2.45, 2.75) is 33.2 Å². The molecule has 0 amide bonds. The number of carboxylic acids is 1. The highest BCUT2D eigenvalue weighted by molar-refractivity contribution is 6.31. The highest BCUT2D eigenvalue weighted by atomic mass is 35.5. The Morgan fingerprint density at radius 3 is 2.42 bits per heavy atom. The van der Waals surface area contributed by atoms with Gasteiger partial charge in [-0.1, -0.05) is 23.7 Å². The number of aliphatic carboxylic acids is 1. The molecular weight excluding hydrogens is 326 g/mol. The van der Waals surface area contributed by atoms with Gasteiger partial charge in [-0.2, -0.15) is 5.10 Å². The van der Waals surface area contributed by atoms with Gasteiger partial charge in [-0.3, -0.25) is 9.69 Å². The van der Waals surface area contributed by atoms with Crippen LogP contribution in [0, 0.1) is 12.3 Å². The van der Waals surface area contributed by atoms with Crippen molar-refractivity contribution in [1.82, 2.24) is 14.7 Å². The molecule has 6 heteroatoms. The highest BCUT2D eigenvalue weighted by Gasteiger charge is 2.36. The molecule has 2 heterocycles. The van der Waals surface area contributed by atoms with Gasteiger partial charge in [0.15, 0.2) is 0 Å². The van der Waals surface area contributed by atoms with E-state index in [1.165, 1.54) is 5.56 Å². The lowest BCUT2D eigenvalue weighted by Gasteiger charge is -2.36. The molecule has 0 radical (unpaired) electrons. The third kappa shape index (κ3) is 3.47. The van der Waals surface area contributed by atoms with Crippen LogP contribution in [-0.4, -0.2) is 38.8 Å². The molecule has 0 atom stereocenters. The summed E-state index contributed by atoms with van der Waals surface area (Å²) in [5.74, 6) is -0.681. The molecule has 128 valence electrons. The molecule has 1 N–H and O–H groups in total. The molecule has 0 spiro atoms. The van der Waals surface area contributed by atoms with E-state index < -0.39 is 11.4 Å². The van der Waals surface area contributed by atoms with Crippen LogP contribution in [0.2, 0.25) is 5.02 Å². The summed E-state index contributed by atoms with van der Waals surface area (Å²) in [5.41, 5.74) is 2.44. The fourth-order valence-corrected chi connectivity index (χ4v) is 3.13. The van der Waals surface area contributed by atoms with Crippen LogP contribution >= 0.6 is 11.6 Å². The molecule has 1 saturated heterocycles. The zero-order chi connectivity index (χ0) is 17.3. The van der Waals surface area contributed by atoms with E-state index in [0.717, 1.165) is 31.0 Å². The van der Waals surface area contributed by atoms with Gasteiger partial charge < -0.3 is 5.11 Å². The van der Waals surface area contributed by atoms with E-state index >= 15 is 0 Å². The number of carbonyl (C=O) groups is 1. The number of aryl methyl sites for hydroxylation is 1. The molecule has 1 aromatic heterocycles. The van der Waals surface area contributed by atoms with Crippen LogP contribution in [0.25, 0.3) is 5.69 Å². The number of hydrogen-bond donors (Lipinski definition) is 1. The maximum atomic E-state index is 11.3. The van der Waals surface area contributed by atoms with E-state index in [0.29, 0.717) is 17.9 Å². The lowest BCUT2D eigenvalue weighted by atomic mass is 9.80. The summed E-state index contributed by atoms with van der Waals surface area (Å²) < 4.78 is 1.78. The molecule has 1 aliphatic rings. The Kier molecular flexibility index (Phi) is 4.65. The van der Waals surface area contributed by atoms with Gasteiger partial charge in [-0.25, -0.2) is 4.68 Å². The topological polar surface area (TPSA) is 58.4 Å². The summed E-state index contributed by atoms with van der Waals surface area (Å²) in [4.78, 5) is 13.6. The smallest absolute Gasteiger partial charge is 0.309 e. The third-order valence-corrected chi connectivity index (χ3v) is 5.29. The van der Waals surface area contributed by atoms with Gasteiger partial charge in [0.05, 0.1) is 21.8 Å². The third-order valence-electron chi connectivity index (χ3n) is 4.92. The van der Waals surface area contributed by atoms with Crippen LogP contribution in [0.15, 0.2) is 30.5 Å². The van der Waals surface area contributed by atoms with E-state index in [9.17, 15) is 9.90 Å². The van der Waals surface area contributed by atoms with Crippen molar-refractivity contribution >= 4 is 17.6 Å². The van der Waals surface area contributed by atoms with Gasteiger partial charge >= 0.3 is 5.97 Å². The Morgan fingerprint density at radius 1 is 1.29 bits per heavy atom. The quantitative estimate of drug-likeness (QED) is 0.919. The molecule has 1 fully saturated rings. The molecule has 0 bridgehead atoms. The van der Waals surface area contributed by atoms with Crippen molar-refractivity contribution < 1.29 is 9.90 Å². The molecular formula is C18H22ClN3O2. The zero-order valence-electron chi connectivity index (χ0n) is 14.0.